The van der Waals surface area contributed by atoms with E-state index in [9.17, 15) is 0 Å². The van der Waals surface area contributed by atoms with E-state index in [0.29, 0.717) is 29.8 Å². The molecule has 0 rings (SSSR count). The topological polar surface area (TPSA) is 36.9 Å². The summed E-state index contributed by atoms with van der Waals surface area (Å²) < 4.78 is 22.0. The zero-order valence-corrected chi connectivity index (χ0v) is 16.3. The fourth-order valence-electron chi connectivity index (χ4n) is 1.93. The van der Waals surface area contributed by atoms with Crippen LogP contribution in [0.4, 0.5) is 0 Å². The molecule has 0 aromatic heterocycles. The van der Waals surface area contributed by atoms with Crippen LogP contribution in [-0.4, -0.2) is 69.0 Å². The van der Waals surface area contributed by atoms with Crippen LogP contribution in [-0.2, 0) is 18.9 Å². The van der Waals surface area contributed by atoms with Gasteiger partial charge < -0.3 is 18.9 Å². The summed E-state index contributed by atoms with van der Waals surface area (Å²) in [5.74, 6) is 0.291. The van der Waals surface area contributed by atoms with Gasteiger partial charge in [-0.05, 0) is 19.0 Å². The third kappa shape index (κ3) is 7.43. The van der Waals surface area contributed by atoms with Gasteiger partial charge >= 0.3 is 0 Å². The molecule has 0 N–H and O–H groups in total. The Morgan fingerprint density at radius 2 is 1.58 bits per heavy atom. The zero-order valence-electron chi connectivity index (χ0n) is 12.2. The predicted molar refractivity (Wildman–Crippen MR) is 85.7 cm³/mol. The highest BCUT2D eigenvalue weighted by Gasteiger charge is 2.33. The van der Waals surface area contributed by atoms with Crippen molar-refractivity contribution in [1.29, 1.82) is 0 Å². The summed E-state index contributed by atoms with van der Waals surface area (Å²) in [6.07, 6.45) is 0. The van der Waals surface area contributed by atoms with Crippen molar-refractivity contribution in [2.75, 3.05) is 38.8 Å². The molecule has 19 heavy (non-hydrogen) atoms. The van der Waals surface area contributed by atoms with E-state index in [2.05, 4.69) is 0 Å². The van der Waals surface area contributed by atoms with Gasteiger partial charge in [-0.25, -0.2) is 0 Å². The molecule has 0 saturated heterocycles. The van der Waals surface area contributed by atoms with E-state index in [4.69, 9.17) is 42.1 Å². The van der Waals surface area contributed by atoms with Gasteiger partial charge in [0, 0.05) is 38.8 Å². The summed E-state index contributed by atoms with van der Waals surface area (Å²) in [5, 5.41) is 0.382. The maximum atomic E-state index is 6.16. The molecular weight excluding hydrogens is 323 g/mol. The van der Waals surface area contributed by atoms with E-state index in [0.717, 1.165) is 0 Å². The van der Waals surface area contributed by atoms with E-state index in [1.165, 1.54) is 0 Å². The van der Waals surface area contributed by atoms with Gasteiger partial charge in [0.05, 0.1) is 9.52 Å². The van der Waals surface area contributed by atoms with E-state index in [1.807, 2.05) is 13.8 Å². The molecule has 8 heteroatoms. The Hall–Kier alpha value is 0.854. The van der Waals surface area contributed by atoms with Crippen LogP contribution in [0.1, 0.15) is 13.8 Å². The predicted octanol–water partition coefficient (Wildman–Crippen LogP) is 1.24. The average molecular weight is 349 g/mol. The van der Waals surface area contributed by atoms with E-state index < -0.39 is 18.3 Å². The molecule has 0 saturated carbocycles. The smallest absolute Gasteiger partial charge is 0.139 e. The molecule has 0 aromatic rings. The molecule has 4 nitrogen and oxygen atoms in total. The summed E-state index contributed by atoms with van der Waals surface area (Å²) in [4.78, 5) is 0. The fourth-order valence-corrected chi connectivity index (χ4v) is 11.0. The number of hydrogen-bond donors (Lipinski definition) is 0. The quantitative estimate of drug-likeness (QED) is 0.302. The van der Waals surface area contributed by atoms with Gasteiger partial charge in [-0.3, -0.25) is 0 Å². The van der Waals surface area contributed by atoms with Crippen molar-refractivity contribution >= 4 is 41.5 Å². The van der Waals surface area contributed by atoms with Gasteiger partial charge in [0.1, 0.15) is 20.6 Å². The van der Waals surface area contributed by atoms with Crippen molar-refractivity contribution in [1.82, 2.24) is 0 Å². The second-order valence-electron chi connectivity index (χ2n) is 4.15. The molecule has 2 unspecified atom stereocenters. The van der Waals surface area contributed by atoms with Gasteiger partial charge in [-0.2, -0.15) is 0 Å². The minimum Gasteiger partial charge on any atom is -0.360 e. The first kappa shape index (κ1) is 19.9. The van der Waals surface area contributed by atoms with Crippen LogP contribution in [0.15, 0.2) is 0 Å². The number of halogens is 2. The Morgan fingerprint density at radius 3 is 1.89 bits per heavy atom. The molecular formula is C11H26Cl2O4Si2. The fraction of sp³-hybridized carbons (Fsp3) is 1.00. The minimum absolute atomic E-state index is 0.120. The Bertz CT molecular complexity index is 205. The molecule has 0 aliphatic heterocycles. The van der Waals surface area contributed by atoms with E-state index >= 15 is 0 Å². The summed E-state index contributed by atoms with van der Waals surface area (Å²) in [6.45, 7) is 5.18. The van der Waals surface area contributed by atoms with Crippen molar-refractivity contribution in [3.63, 3.8) is 0 Å². The number of alkyl halides is 2. The van der Waals surface area contributed by atoms with Gasteiger partial charge in [0.15, 0.2) is 0 Å². The number of methoxy groups -OCH3 is 2. The third-order valence-electron chi connectivity index (χ3n) is 3.01. The average Bonchev–Trinajstić information content (AvgIpc) is 2.43. The molecule has 116 valence electrons. The normalized spacial score (nSPS) is 15.8. The van der Waals surface area contributed by atoms with Crippen LogP contribution in [0.2, 0.25) is 5.16 Å². The van der Waals surface area contributed by atoms with Crippen LogP contribution < -0.4 is 0 Å². The monoisotopic (exact) mass is 348 g/mol. The Balaban J connectivity index is 4.71. The van der Waals surface area contributed by atoms with Gasteiger partial charge in [0.2, 0.25) is 0 Å². The summed E-state index contributed by atoms with van der Waals surface area (Å²) >= 11 is 12.3. The van der Waals surface area contributed by atoms with Crippen molar-refractivity contribution in [2.45, 2.75) is 30.8 Å². The number of rotatable bonds is 12. The molecule has 0 bridgehead atoms. The molecule has 0 aliphatic carbocycles. The summed E-state index contributed by atoms with van der Waals surface area (Å²) in [5.41, 5.74) is 0.592. The minimum atomic E-state index is -1.47. The molecule has 0 radical (unpaired) electrons. The van der Waals surface area contributed by atoms with Crippen LogP contribution in [0.3, 0.4) is 0 Å². The standard InChI is InChI=1S/C11H26Cl2O4Si2/c1-5-16-11(17-6-2)19(8-13)9(7-12)18-10(14-3)15-4/h9-11,19H,5-8,18H2,1-4H3. The number of ether oxygens (including phenoxy) is 4. The van der Waals surface area contributed by atoms with Crippen molar-refractivity contribution < 1.29 is 18.9 Å². The second-order valence-corrected chi connectivity index (χ2v) is 11.6. The second kappa shape index (κ2) is 12.6. The SMILES string of the molecule is CCOC(OCC)[SiH](CCl)C(CCl)[SiH2]C(OC)OC. The first-order valence-electron chi connectivity index (χ1n) is 6.59. The zero-order chi connectivity index (χ0) is 14.7. The van der Waals surface area contributed by atoms with Crippen LogP contribution in [0, 0.1) is 0 Å². The molecule has 0 aromatic carbocycles. The van der Waals surface area contributed by atoms with Gasteiger partial charge in [0.25, 0.3) is 0 Å². The van der Waals surface area contributed by atoms with Gasteiger partial charge in [-0.1, -0.05) is 0 Å². The van der Waals surface area contributed by atoms with Crippen LogP contribution >= 0.6 is 23.2 Å². The largest absolute Gasteiger partial charge is 0.360 e. The van der Waals surface area contributed by atoms with Crippen molar-refractivity contribution in [3.05, 3.63) is 0 Å². The summed E-state index contributed by atoms with van der Waals surface area (Å²) in [6, 6.07) is 0. The maximum absolute atomic E-state index is 6.16. The molecule has 0 spiro atoms. The highest BCUT2D eigenvalue weighted by molar-refractivity contribution is 6.78. The third-order valence-corrected chi connectivity index (χ3v) is 12.6. The lowest BCUT2D eigenvalue weighted by molar-refractivity contribution is -0.0857. The lowest BCUT2D eigenvalue weighted by Crippen LogP contribution is -2.46. The lowest BCUT2D eigenvalue weighted by atomic mass is 10.8. The molecule has 0 heterocycles. The molecule has 0 fully saturated rings. The van der Waals surface area contributed by atoms with E-state index in [-0.39, 0.29) is 11.8 Å². The van der Waals surface area contributed by atoms with Crippen LogP contribution in [0.5, 0.6) is 0 Å². The molecule has 0 aliphatic rings. The maximum Gasteiger partial charge on any atom is 0.139 e. The van der Waals surface area contributed by atoms with Crippen molar-refractivity contribution in [3.8, 4) is 0 Å². The first-order chi connectivity index (χ1) is 9.18. The molecule has 2 atom stereocenters. The first-order valence-corrected chi connectivity index (χ1v) is 11.4. The number of hydrogen-bond acceptors (Lipinski definition) is 4. The lowest BCUT2D eigenvalue weighted by Gasteiger charge is -2.30. The Morgan fingerprint density at radius 1 is 1.05 bits per heavy atom. The highest BCUT2D eigenvalue weighted by Crippen LogP contribution is 2.20. The summed E-state index contributed by atoms with van der Waals surface area (Å²) in [7, 11) is 1.19. The highest BCUT2D eigenvalue weighted by atomic mass is 35.5. The Kier molecular flexibility index (Phi) is 13.1. The van der Waals surface area contributed by atoms with Crippen molar-refractivity contribution in [2.24, 2.45) is 0 Å². The van der Waals surface area contributed by atoms with Gasteiger partial charge in [-0.15, -0.1) is 23.2 Å². The van der Waals surface area contributed by atoms with E-state index in [1.54, 1.807) is 14.2 Å². The molecule has 0 amide bonds. The Labute approximate surface area is 130 Å². The van der Waals surface area contributed by atoms with Crippen LogP contribution in [0.25, 0.3) is 0 Å².